The number of aromatic nitrogens is 2. The second-order valence-electron chi connectivity index (χ2n) is 4.13. The molecule has 2 rings (SSSR count). The predicted molar refractivity (Wildman–Crippen MR) is 66.2 cm³/mol. The first-order valence-electron chi connectivity index (χ1n) is 5.81. The van der Waals surface area contributed by atoms with Gasteiger partial charge in [-0.3, -0.25) is 0 Å². The smallest absolute Gasteiger partial charge is 0.383 e. The van der Waals surface area contributed by atoms with Crippen molar-refractivity contribution >= 4 is 5.82 Å². The van der Waals surface area contributed by atoms with Crippen molar-refractivity contribution < 1.29 is 17.6 Å². The molecular weight excluding hydrogens is 274 g/mol. The van der Waals surface area contributed by atoms with Gasteiger partial charge in [0.15, 0.2) is 0 Å². The van der Waals surface area contributed by atoms with Crippen LogP contribution in [0.1, 0.15) is 18.1 Å². The molecule has 3 nitrogen and oxygen atoms in total. The molecule has 1 aromatic carbocycles. The minimum Gasteiger partial charge on any atom is -0.383 e. The molecule has 7 heteroatoms. The van der Waals surface area contributed by atoms with E-state index in [-0.39, 0.29) is 17.1 Å². The van der Waals surface area contributed by atoms with Crippen LogP contribution in [0.4, 0.5) is 23.4 Å². The lowest BCUT2D eigenvalue weighted by molar-refractivity contribution is -0.139. The monoisotopic (exact) mass is 285 g/mol. The minimum atomic E-state index is -4.76. The Labute approximate surface area is 112 Å². The third-order valence-electron chi connectivity index (χ3n) is 2.88. The standard InChI is InChI=1S/C13H11F4N3/c1-2-8-11(19-6-20-12(8)18)7-3-4-10(14)9(5-7)13(15,16)17/h3-6H,2H2,1H3,(H2,18,19,20). The summed E-state index contributed by atoms with van der Waals surface area (Å²) in [7, 11) is 0. The molecule has 0 bridgehead atoms. The van der Waals surface area contributed by atoms with Gasteiger partial charge in [0, 0.05) is 11.1 Å². The Morgan fingerprint density at radius 2 is 1.90 bits per heavy atom. The van der Waals surface area contributed by atoms with Crippen LogP contribution in [0.3, 0.4) is 0 Å². The van der Waals surface area contributed by atoms with Gasteiger partial charge in [-0.15, -0.1) is 0 Å². The summed E-state index contributed by atoms with van der Waals surface area (Å²) < 4.78 is 51.4. The van der Waals surface area contributed by atoms with Crippen molar-refractivity contribution in [1.82, 2.24) is 9.97 Å². The van der Waals surface area contributed by atoms with E-state index in [1.54, 1.807) is 6.92 Å². The van der Waals surface area contributed by atoms with Gasteiger partial charge in [0.25, 0.3) is 0 Å². The maximum atomic E-state index is 13.3. The minimum absolute atomic E-state index is 0.157. The molecule has 0 fully saturated rings. The highest BCUT2D eigenvalue weighted by molar-refractivity contribution is 5.68. The molecule has 0 aliphatic carbocycles. The number of nitrogens with zero attached hydrogens (tertiary/aromatic N) is 2. The van der Waals surface area contributed by atoms with Crippen LogP contribution in [0.2, 0.25) is 0 Å². The summed E-state index contributed by atoms with van der Waals surface area (Å²) in [5.74, 6) is -1.11. The Morgan fingerprint density at radius 1 is 1.20 bits per heavy atom. The molecule has 0 atom stereocenters. The maximum Gasteiger partial charge on any atom is 0.419 e. The van der Waals surface area contributed by atoms with Crippen LogP contribution in [-0.2, 0) is 12.6 Å². The average molecular weight is 285 g/mol. The molecule has 0 saturated carbocycles. The van der Waals surface area contributed by atoms with Gasteiger partial charge in [0.05, 0.1) is 11.3 Å². The highest BCUT2D eigenvalue weighted by atomic mass is 19.4. The molecule has 2 aromatic rings. The van der Waals surface area contributed by atoms with Gasteiger partial charge >= 0.3 is 6.18 Å². The zero-order chi connectivity index (χ0) is 14.9. The van der Waals surface area contributed by atoms with Crippen LogP contribution in [0, 0.1) is 5.82 Å². The van der Waals surface area contributed by atoms with Gasteiger partial charge in [-0.2, -0.15) is 13.2 Å². The summed E-state index contributed by atoms with van der Waals surface area (Å²) in [4.78, 5) is 7.75. The summed E-state index contributed by atoms with van der Waals surface area (Å²) in [6.45, 7) is 1.78. The number of rotatable bonds is 2. The number of nitrogens with two attached hydrogens (primary N) is 1. The summed E-state index contributed by atoms with van der Waals surface area (Å²) in [5, 5.41) is 0. The third kappa shape index (κ3) is 2.56. The summed E-state index contributed by atoms with van der Waals surface area (Å²) in [5.41, 5.74) is 5.33. The molecular formula is C13H11F4N3. The van der Waals surface area contributed by atoms with Crippen LogP contribution in [0.25, 0.3) is 11.3 Å². The van der Waals surface area contributed by atoms with E-state index < -0.39 is 17.6 Å². The lowest BCUT2D eigenvalue weighted by Gasteiger charge is -2.12. The quantitative estimate of drug-likeness (QED) is 0.860. The van der Waals surface area contributed by atoms with Crippen molar-refractivity contribution in [2.75, 3.05) is 5.73 Å². The number of halogens is 4. The van der Waals surface area contributed by atoms with E-state index in [9.17, 15) is 17.6 Å². The molecule has 20 heavy (non-hydrogen) atoms. The zero-order valence-electron chi connectivity index (χ0n) is 10.5. The van der Waals surface area contributed by atoms with Crippen LogP contribution >= 0.6 is 0 Å². The zero-order valence-corrected chi connectivity index (χ0v) is 10.5. The van der Waals surface area contributed by atoms with E-state index in [1.165, 1.54) is 12.4 Å². The molecule has 0 radical (unpaired) electrons. The molecule has 1 heterocycles. The van der Waals surface area contributed by atoms with Crippen LogP contribution < -0.4 is 5.73 Å². The van der Waals surface area contributed by atoms with Crippen molar-refractivity contribution in [3.63, 3.8) is 0 Å². The van der Waals surface area contributed by atoms with Crippen LogP contribution in [0.15, 0.2) is 24.5 Å². The summed E-state index contributed by atoms with van der Waals surface area (Å²) >= 11 is 0. The highest BCUT2D eigenvalue weighted by Crippen LogP contribution is 2.35. The predicted octanol–water partition coefficient (Wildman–Crippen LogP) is 3.45. The van der Waals surface area contributed by atoms with Gasteiger partial charge in [-0.1, -0.05) is 6.92 Å². The van der Waals surface area contributed by atoms with E-state index in [4.69, 9.17) is 5.73 Å². The third-order valence-corrected chi connectivity index (χ3v) is 2.88. The van der Waals surface area contributed by atoms with E-state index in [2.05, 4.69) is 9.97 Å². The van der Waals surface area contributed by atoms with Crippen LogP contribution in [-0.4, -0.2) is 9.97 Å². The number of hydrogen-bond donors (Lipinski definition) is 1. The molecule has 0 aliphatic heterocycles. The molecule has 0 saturated heterocycles. The fourth-order valence-corrected chi connectivity index (χ4v) is 1.91. The molecule has 2 N–H and O–H groups in total. The molecule has 1 aromatic heterocycles. The van der Waals surface area contributed by atoms with Crippen LogP contribution in [0.5, 0.6) is 0 Å². The van der Waals surface area contributed by atoms with Gasteiger partial charge < -0.3 is 5.73 Å². The van der Waals surface area contributed by atoms with E-state index in [1.807, 2.05) is 0 Å². The largest absolute Gasteiger partial charge is 0.419 e. The first-order valence-corrected chi connectivity index (χ1v) is 5.81. The van der Waals surface area contributed by atoms with E-state index in [0.717, 1.165) is 12.1 Å². The van der Waals surface area contributed by atoms with Crippen molar-refractivity contribution in [2.45, 2.75) is 19.5 Å². The molecule has 0 amide bonds. The Morgan fingerprint density at radius 3 is 2.50 bits per heavy atom. The van der Waals surface area contributed by atoms with Gasteiger partial charge in [-0.25, -0.2) is 14.4 Å². The molecule has 0 unspecified atom stereocenters. The maximum absolute atomic E-state index is 13.3. The van der Waals surface area contributed by atoms with E-state index >= 15 is 0 Å². The van der Waals surface area contributed by atoms with Crippen molar-refractivity contribution in [3.8, 4) is 11.3 Å². The van der Waals surface area contributed by atoms with E-state index in [0.29, 0.717) is 12.0 Å². The number of benzene rings is 1. The Bertz CT molecular complexity index is 638. The van der Waals surface area contributed by atoms with Crippen molar-refractivity contribution in [3.05, 3.63) is 41.5 Å². The molecule has 0 aliphatic rings. The molecule has 106 valence electrons. The lowest BCUT2D eigenvalue weighted by atomic mass is 10.0. The lowest BCUT2D eigenvalue weighted by Crippen LogP contribution is -2.09. The average Bonchev–Trinajstić information content (AvgIpc) is 2.37. The van der Waals surface area contributed by atoms with Gasteiger partial charge in [0.2, 0.25) is 0 Å². The van der Waals surface area contributed by atoms with Crippen molar-refractivity contribution in [1.29, 1.82) is 0 Å². The fraction of sp³-hybridized carbons (Fsp3) is 0.231. The Kier molecular flexibility index (Phi) is 3.61. The van der Waals surface area contributed by atoms with Gasteiger partial charge in [0.1, 0.15) is 18.0 Å². The Hall–Kier alpha value is -2.18. The normalized spacial score (nSPS) is 11.7. The topological polar surface area (TPSA) is 51.8 Å². The number of hydrogen-bond acceptors (Lipinski definition) is 3. The summed E-state index contributed by atoms with van der Waals surface area (Å²) in [6.07, 6.45) is -3.13. The number of nitrogen functional groups attached to an aromatic ring is 1. The summed E-state index contributed by atoms with van der Waals surface area (Å²) in [6, 6.07) is 2.75. The number of alkyl halides is 3. The fourth-order valence-electron chi connectivity index (χ4n) is 1.91. The second kappa shape index (κ2) is 5.07. The highest BCUT2D eigenvalue weighted by Gasteiger charge is 2.34. The first-order chi connectivity index (χ1) is 9.34. The SMILES string of the molecule is CCc1c(N)ncnc1-c1ccc(F)c(C(F)(F)F)c1. The van der Waals surface area contributed by atoms with Crippen molar-refractivity contribution in [2.24, 2.45) is 0 Å². The Balaban J connectivity index is 2.63. The second-order valence-corrected chi connectivity index (χ2v) is 4.13. The first kappa shape index (κ1) is 14.2. The number of anilines is 1. The molecule has 0 spiro atoms. The van der Waals surface area contributed by atoms with Gasteiger partial charge in [-0.05, 0) is 24.6 Å².